The summed E-state index contributed by atoms with van der Waals surface area (Å²) >= 11 is 1.75. The molecule has 0 aliphatic rings. The monoisotopic (exact) mass is 241 g/mol. The summed E-state index contributed by atoms with van der Waals surface area (Å²) in [7, 11) is 2.18. The fourth-order valence-corrected chi connectivity index (χ4v) is 2.34. The fourth-order valence-electron chi connectivity index (χ4n) is 1.50. The van der Waals surface area contributed by atoms with E-state index in [1.54, 1.807) is 11.3 Å². The van der Waals surface area contributed by atoms with Crippen molar-refractivity contribution in [2.45, 2.75) is 39.8 Å². The summed E-state index contributed by atoms with van der Waals surface area (Å²) in [6.07, 6.45) is 1.20. The SMILES string of the molecule is CCCNCC(C)N(C)Cc1scnc1C. The first-order chi connectivity index (χ1) is 7.65. The van der Waals surface area contributed by atoms with Crippen molar-refractivity contribution in [2.75, 3.05) is 20.1 Å². The van der Waals surface area contributed by atoms with E-state index in [1.807, 2.05) is 5.51 Å². The lowest BCUT2D eigenvalue weighted by Gasteiger charge is -2.24. The minimum atomic E-state index is 0.563. The van der Waals surface area contributed by atoms with Gasteiger partial charge in [-0.2, -0.15) is 0 Å². The Morgan fingerprint density at radius 1 is 1.56 bits per heavy atom. The van der Waals surface area contributed by atoms with Crippen LogP contribution in [0, 0.1) is 6.92 Å². The predicted octanol–water partition coefficient (Wildman–Crippen LogP) is 2.27. The predicted molar refractivity (Wildman–Crippen MR) is 70.9 cm³/mol. The van der Waals surface area contributed by atoms with Gasteiger partial charge < -0.3 is 5.32 Å². The molecule has 0 radical (unpaired) electrons. The molecule has 92 valence electrons. The molecule has 1 atom stereocenters. The van der Waals surface area contributed by atoms with E-state index in [1.165, 1.54) is 17.0 Å². The summed E-state index contributed by atoms with van der Waals surface area (Å²) < 4.78 is 0. The molecular weight excluding hydrogens is 218 g/mol. The van der Waals surface area contributed by atoms with Gasteiger partial charge in [0, 0.05) is 24.0 Å². The van der Waals surface area contributed by atoms with Gasteiger partial charge in [0.2, 0.25) is 0 Å². The molecule has 0 aliphatic heterocycles. The molecule has 16 heavy (non-hydrogen) atoms. The smallest absolute Gasteiger partial charge is 0.0798 e. The normalized spacial score (nSPS) is 13.3. The molecule has 1 heterocycles. The van der Waals surface area contributed by atoms with Crippen LogP contribution in [0.25, 0.3) is 0 Å². The lowest BCUT2D eigenvalue weighted by atomic mass is 10.2. The molecule has 1 aromatic heterocycles. The number of aromatic nitrogens is 1. The van der Waals surface area contributed by atoms with Crippen LogP contribution in [0.5, 0.6) is 0 Å². The highest BCUT2D eigenvalue weighted by molar-refractivity contribution is 7.09. The zero-order valence-electron chi connectivity index (χ0n) is 10.8. The maximum Gasteiger partial charge on any atom is 0.0798 e. The van der Waals surface area contributed by atoms with Crippen molar-refractivity contribution in [1.82, 2.24) is 15.2 Å². The van der Waals surface area contributed by atoms with Crippen LogP contribution in [-0.2, 0) is 6.54 Å². The first-order valence-electron chi connectivity index (χ1n) is 5.95. The van der Waals surface area contributed by atoms with Gasteiger partial charge in [0.1, 0.15) is 0 Å². The van der Waals surface area contributed by atoms with Crippen molar-refractivity contribution in [3.05, 3.63) is 16.1 Å². The average molecular weight is 241 g/mol. The minimum absolute atomic E-state index is 0.563. The molecule has 4 heteroatoms. The van der Waals surface area contributed by atoms with E-state index in [-0.39, 0.29) is 0 Å². The van der Waals surface area contributed by atoms with Gasteiger partial charge in [0.15, 0.2) is 0 Å². The molecule has 0 amide bonds. The van der Waals surface area contributed by atoms with Gasteiger partial charge in [-0.3, -0.25) is 4.90 Å². The molecule has 1 rings (SSSR count). The van der Waals surface area contributed by atoms with Crippen molar-refractivity contribution in [1.29, 1.82) is 0 Å². The molecule has 0 saturated carbocycles. The fraction of sp³-hybridized carbons (Fsp3) is 0.750. The number of likely N-dealkylation sites (N-methyl/N-ethyl adjacent to an activating group) is 1. The first kappa shape index (κ1) is 13.6. The Labute approximate surface area is 103 Å². The van der Waals surface area contributed by atoms with Crippen LogP contribution >= 0.6 is 11.3 Å². The van der Waals surface area contributed by atoms with Gasteiger partial charge in [-0.25, -0.2) is 4.98 Å². The summed E-state index contributed by atoms with van der Waals surface area (Å²) in [6, 6.07) is 0.563. The third-order valence-corrected chi connectivity index (χ3v) is 3.78. The van der Waals surface area contributed by atoms with E-state index < -0.39 is 0 Å². The molecule has 1 N–H and O–H groups in total. The van der Waals surface area contributed by atoms with E-state index in [9.17, 15) is 0 Å². The topological polar surface area (TPSA) is 28.2 Å². The lowest BCUT2D eigenvalue weighted by molar-refractivity contribution is 0.244. The van der Waals surface area contributed by atoms with E-state index in [0.717, 1.165) is 19.6 Å². The van der Waals surface area contributed by atoms with Crippen LogP contribution in [0.2, 0.25) is 0 Å². The molecule has 1 unspecified atom stereocenters. The summed E-state index contributed by atoms with van der Waals surface area (Å²) in [5.74, 6) is 0. The van der Waals surface area contributed by atoms with Gasteiger partial charge in [-0.1, -0.05) is 6.92 Å². The van der Waals surface area contributed by atoms with Gasteiger partial charge in [-0.05, 0) is 33.9 Å². The second kappa shape index (κ2) is 6.99. The van der Waals surface area contributed by atoms with Gasteiger partial charge >= 0.3 is 0 Å². The van der Waals surface area contributed by atoms with Crippen molar-refractivity contribution >= 4 is 11.3 Å². The van der Waals surface area contributed by atoms with Gasteiger partial charge in [0.05, 0.1) is 11.2 Å². The van der Waals surface area contributed by atoms with E-state index in [2.05, 4.69) is 43.0 Å². The summed E-state index contributed by atoms with van der Waals surface area (Å²) in [6.45, 7) is 9.71. The maximum absolute atomic E-state index is 4.28. The zero-order valence-corrected chi connectivity index (χ0v) is 11.6. The number of hydrogen-bond donors (Lipinski definition) is 1. The van der Waals surface area contributed by atoms with Crippen molar-refractivity contribution < 1.29 is 0 Å². The lowest BCUT2D eigenvalue weighted by Crippen LogP contribution is -2.37. The molecular formula is C12H23N3S. The van der Waals surface area contributed by atoms with Crippen LogP contribution in [0.4, 0.5) is 0 Å². The second-order valence-corrected chi connectivity index (χ2v) is 5.27. The molecule has 0 aromatic carbocycles. The van der Waals surface area contributed by atoms with Crippen LogP contribution in [0.1, 0.15) is 30.8 Å². The highest BCUT2D eigenvalue weighted by Crippen LogP contribution is 2.15. The largest absolute Gasteiger partial charge is 0.315 e. The number of rotatable bonds is 7. The third-order valence-electron chi connectivity index (χ3n) is 2.86. The number of nitrogens with one attached hydrogen (secondary N) is 1. The minimum Gasteiger partial charge on any atom is -0.315 e. The maximum atomic E-state index is 4.28. The van der Waals surface area contributed by atoms with Crippen molar-refractivity contribution in [2.24, 2.45) is 0 Å². The molecule has 0 aliphatic carbocycles. The molecule has 0 fully saturated rings. The summed E-state index contributed by atoms with van der Waals surface area (Å²) in [5, 5.41) is 3.46. The number of nitrogens with zero attached hydrogens (tertiary/aromatic N) is 2. The highest BCUT2D eigenvalue weighted by Gasteiger charge is 2.11. The van der Waals surface area contributed by atoms with Gasteiger partial charge in [-0.15, -0.1) is 11.3 Å². The van der Waals surface area contributed by atoms with Crippen LogP contribution in [-0.4, -0.2) is 36.1 Å². The number of hydrogen-bond acceptors (Lipinski definition) is 4. The van der Waals surface area contributed by atoms with Gasteiger partial charge in [0.25, 0.3) is 0 Å². The molecule has 1 aromatic rings. The van der Waals surface area contributed by atoms with Crippen LogP contribution < -0.4 is 5.32 Å². The van der Waals surface area contributed by atoms with E-state index in [0.29, 0.717) is 6.04 Å². The Hall–Kier alpha value is -0.450. The Morgan fingerprint density at radius 2 is 2.31 bits per heavy atom. The summed E-state index contributed by atoms with van der Waals surface area (Å²) in [4.78, 5) is 8.04. The molecule has 0 bridgehead atoms. The number of thiazole rings is 1. The third kappa shape index (κ3) is 4.20. The Bertz CT molecular complexity index is 298. The van der Waals surface area contributed by atoms with Crippen LogP contribution in [0.15, 0.2) is 5.51 Å². The Kier molecular flexibility index (Phi) is 5.95. The standard InChI is InChI=1S/C12H23N3S/c1-5-6-13-7-10(2)15(4)8-12-11(3)14-9-16-12/h9-10,13H,5-8H2,1-4H3. The molecule has 0 spiro atoms. The second-order valence-electron chi connectivity index (χ2n) is 4.33. The van der Waals surface area contributed by atoms with E-state index >= 15 is 0 Å². The van der Waals surface area contributed by atoms with Crippen molar-refractivity contribution in [3.8, 4) is 0 Å². The summed E-state index contributed by atoms with van der Waals surface area (Å²) in [5.41, 5.74) is 3.10. The molecule has 3 nitrogen and oxygen atoms in total. The van der Waals surface area contributed by atoms with Crippen molar-refractivity contribution in [3.63, 3.8) is 0 Å². The Balaban J connectivity index is 2.34. The number of aryl methyl sites for hydroxylation is 1. The molecule has 0 saturated heterocycles. The Morgan fingerprint density at radius 3 is 2.88 bits per heavy atom. The highest BCUT2D eigenvalue weighted by atomic mass is 32.1. The van der Waals surface area contributed by atoms with E-state index in [4.69, 9.17) is 0 Å². The first-order valence-corrected chi connectivity index (χ1v) is 6.83. The zero-order chi connectivity index (χ0) is 12.0. The van der Waals surface area contributed by atoms with Crippen LogP contribution in [0.3, 0.4) is 0 Å². The average Bonchev–Trinajstić information content (AvgIpc) is 2.64. The quantitative estimate of drug-likeness (QED) is 0.742.